The second-order valence-corrected chi connectivity index (χ2v) is 4.58. The molecule has 0 aliphatic rings. The van der Waals surface area contributed by atoms with E-state index >= 15 is 0 Å². The Balaban J connectivity index is 2.21. The molecule has 0 bridgehead atoms. The van der Waals surface area contributed by atoms with Crippen LogP contribution in [-0.4, -0.2) is 7.05 Å². The molecule has 3 N–H and O–H groups in total. The minimum Gasteiger partial charge on any atom is -0.398 e. The first-order chi connectivity index (χ1) is 9.29. The highest BCUT2D eigenvalue weighted by Gasteiger charge is 2.05. The van der Waals surface area contributed by atoms with E-state index in [9.17, 15) is 0 Å². The molecule has 0 aromatic heterocycles. The number of benzene rings is 3. The van der Waals surface area contributed by atoms with Crippen LogP contribution in [0.2, 0.25) is 0 Å². The number of hydrogen-bond acceptors (Lipinski definition) is 2. The van der Waals surface area contributed by atoms with Gasteiger partial charge < -0.3 is 11.1 Å². The Morgan fingerprint density at radius 1 is 0.789 bits per heavy atom. The van der Waals surface area contributed by atoms with Crippen LogP contribution in [0.1, 0.15) is 0 Å². The Morgan fingerprint density at radius 3 is 2.16 bits per heavy atom. The third-order valence-corrected chi connectivity index (χ3v) is 3.44. The van der Waals surface area contributed by atoms with Gasteiger partial charge in [-0.05, 0) is 34.7 Å². The van der Waals surface area contributed by atoms with Gasteiger partial charge in [0.05, 0.1) is 0 Å². The molecule has 0 fully saturated rings. The monoisotopic (exact) mass is 248 g/mol. The average Bonchev–Trinajstić information content (AvgIpc) is 2.48. The number of fused-ring (bicyclic) bond motifs is 1. The minimum atomic E-state index is 0.825. The number of nitrogens with one attached hydrogen (secondary N) is 1. The molecule has 0 spiro atoms. The topological polar surface area (TPSA) is 38.0 Å². The molecular weight excluding hydrogens is 232 g/mol. The van der Waals surface area contributed by atoms with Crippen molar-refractivity contribution < 1.29 is 0 Å². The molecular formula is C17H16N2. The summed E-state index contributed by atoms with van der Waals surface area (Å²) in [6, 6.07) is 20.7. The number of hydrogen-bond donors (Lipinski definition) is 2. The zero-order valence-corrected chi connectivity index (χ0v) is 10.9. The predicted molar refractivity (Wildman–Crippen MR) is 83.3 cm³/mol. The fourth-order valence-corrected chi connectivity index (χ4v) is 2.39. The van der Waals surface area contributed by atoms with Crippen LogP contribution in [0.15, 0.2) is 60.7 Å². The van der Waals surface area contributed by atoms with Gasteiger partial charge in [0, 0.05) is 23.8 Å². The molecule has 0 atom stereocenters. The normalized spacial score (nSPS) is 10.6. The van der Waals surface area contributed by atoms with E-state index in [1.165, 1.54) is 16.5 Å². The van der Waals surface area contributed by atoms with Crippen LogP contribution in [0.3, 0.4) is 0 Å². The smallest absolute Gasteiger partial charge is 0.0394 e. The van der Waals surface area contributed by atoms with Gasteiger partial charge in [0.1, 0.15) is 0 Å². The van der Waals surface area contributed by atoms with Crippen molar-refractivity contribution >= 4 is 22.1 Å². The summed E-state index contributed by atoms with van der Waals surface area (Å²) in [5.74, 6) is 0. The third-order valence-electron chi connectivity index (χ3n) is 3.44. The van der Waals surface area contributed by atoms with Crippen molar-refractivity contribution in [3.8, 4) is 11.1 Å². The quantitative estimate of drug-likeness (QED) is 0.669. The van der Waals surface area contributed by atoms with Gasteiger partial charge in [0.15, 0.2) is 0 Å². The molecule has 94 valence electrons. The summed E-state index contributed by atoms with van der Waals surface area (Å²) in [4.78, 5) is 0. The van der Waals surface area contributed by atoms with E-state index in [1.54, 1.807) is 0 Å². The van der Waals surface area contributed by atoms with Crippen molar-refractivity contribution in [3.63, 3.8) is 0 Å². The molecule has 0 aliphatic heterocycles. The molecule has 0 amide bonds. The largest absolute Gasteiger partial charge is 0.398 e. The number of nitrogens with two attached hydrogens (primary N) is 1. The SMILES string of the molecule is CNc1ccc(-c2ccc(N)c3ccccc23)cc1. The summed E-state index contributed by atoms with van der Waals surface area (Å²) >= 11 is 0. The molecule has 3 aromatic rings. The molecule has 0 heterocycles. The van der Waals surface area contributed by atoms with Crippen LogP contribution >= 0.6 is 0 Å². The maximum atomic E-state index is 6.04. The van der Waals surface area contributed by atoms with Crippen molar-refractivity contribution in [1.29, 1.82) is 0 Å². The van der Waals surface area contributed by atoms with Crippen molar-refractivity contribution in [2.45, 2.75) is 0 Å². The highest BCUT2D eigenvalue weighted by Crippen LogP contribution is 2.32. The van der Waals surface area contributed by atoms with E-state index in [-0.39, 0.29) is 0 Å². The molecule has 0 saturated heterocycles. The van der Waals surface area contributed by atoms with Crippen molar-refractivity contribution in [3.05, 3.63) is 60.7 Å². The standard InChI is InChI=1S/C17H16N2/c1-19-13-8-6-12(7-9-13)14-10-11-17(18)16-5-3-2-4-15(14)16/h2-11,19H,18H2,1H3. The van der Waals surface area contributed by atoms with Gasteiger partial charge in [0.2, 0.25) is 0 Å². The lowest BCUT2D eigenvalue weighted by Gasteiger charge is -2.10. The maximum absolute atomic E-state index is 6.04. The molecule has 0 saturated carbocycles. The second kappa shape index (κ2) is 4.65. The van der Waals surface area contributed by atoms with E-state index in [2.05, 4.69) is 47.8 Å². The Bertz CT molecular complexity index is 715. The minimum absolute atomic E-state index is 0.825. The lowest BCUT2D eigenvalue weighted by atomic mass is 9.97. The van der Waals surface area contributed by atoms with Gasteiger partial charge in [-0.2, -0.15) is 0 Å². The summed E-state index contributed by atoms with van der Waals surface area (Å²) in [5, 5.41) is 5.44. The average molecular weight is 248 g/mol. The van der Waals surface area contributed by atoms with Crippen LogP contribution in [0, 0.1) is 0 Å². The fraction of sp³-hybridized carbons (Fsp3) is 0.0588. The van der Waals surface area contributed by atoms with Crippen LogP contribution < -0.4 is 11.1 Å². The summed E-state index contributed by atoms with van der Waals surface area (Å²) < 4.78 is 0. The van der Waals surface area contributed by atoms with E-state index < -0.39 is 0 Å². The lowest BCUT2D eigenvalue weighted by Crippen LogP contribution is -1.90. The summed E-state index contributed by atoms with van der Waals surface area (Å²) in [7, 11) is 1.92. The summed E-state index contributed by atoms with van der Waals surface area (Å²) in [5.41, 5.74) is 10.4. The van der Waals surface area contributed by atoms with E-state index in [1.807, 2.05) is 25.2 Å². The molecule has 3 rings (SSSR count). The van der Waals surface area contributed by atoms with Gasteiger partial charge in [-0.3, -0.25) is 0 Å². The molecule has 19 heavy (non-hydrogen) atoms. The molecule has 2 heteroatoms. The maximum Gasteiger partial charge on any atom is 0.0394 e. The van der Waals surface area contributed by atoms with Gasteiger partial charge in [-0.1, -0.05) is 42.5 Å². The second-order valence-electron chi connectivity index (χ2n) is 4.58. The van der Waals surface area contributed by atoms with Crippen LogP contribution in [0.4, 0.5) is 11.4 Å². The van der Waals surface area contributed by atoms with Crippen molar-refractivity contribution in [2.24, 2.45) is 0 Å². The zero-order chi connectivity index (χ0) is 13.2. The highest BCUT2D eigenvalue weighted by atomic mass is 14.8. The van der Waals surface area contributed by atoms with E-state index in [0.29, 0.717) is 0 Å². The summed E-state index contributed by atoms with van der Waals surface area (Å²) in [6.45, 7) is 0. The Kier molecular flexibility index (Phi) is 2.84. The third kappa shape index (κ3) is 2.02. The molecule has 0 radical (unpaired) electrons. The number of rotatable bonds is 2. The van der Waals surface area contributed by atoms with Gasteiger partial charge in [-0.25, -0.2) is 0 Å². The Morgan fingerprint density at radius 2 is 1.47 bits per heavy atom. The highest BCUT2D eigenvalue weighted by molar-refractivity contribution is 6.02. The first kappa shape index (κ1) is 11.6. The summed E-state index contributed by atoms with van der Waals surface area (Å²) in [6.07, 6.45) is 0. The van der Waals surface area contributed by atoms with E-state index in [4.69, 9.17) is 5.73 Å². The molecule has 2 nitrogen and oxygen atoms in total. The van der Waals surface area contributed by atoms with E-state index in [0.717, 1.165) is 16.8 Å². The van der Waals surface area contributed by atoms with Crippen molar-refractivity contribution in [2.75, 3.05) is 18.1 Å². The zero-order valence-electron chi connectivity index (χ0n) is 10.9. The van der Waals surface area contributed by atoms with Crippen LogP contribution in [0.5, 0.6) is 0 Å². The molecule has 0 aliphatic carbocycles. The number of anilines is 2. The van der Waals surface area contributed by atoms with Crippen LogP contribution in [-0.2, 0) is 0 Å². The van der Waals surface area contributed by atoms with Gasteiger partial charge in [-0.15, -0.1) is 0 Å². The lowest BCUT2D eigenvalue weighted by molar-refractivity contribution is 1.51. The Labute approximate surface area is 112 Å². The first-order valence-corrected chi connectivity index (χ1v) is 6.35. The van der Waals surface area contributed by atoms with Gasteiger partial charge >= 0.3 is 0 Å². The predicted octanol–water partition coefficient (Wildman–Crippen LogP) is 4.13. The van der Waals surface area contributed by atoms with Gasteiger partial charge in [0.25, 0.3) is 0 Å². The van der Waals surface area contributed by atoms with Crippen LogP contribution in [0.25, 0.3) is 21.9 Å². The molecule has 0 unspecified atom stereocenters. The Hall–Kier alpha value is -2.48. The first-order valence-electron chi connectivity index (χ1n) is 6.35. The molecule has 3 aromatic carbocycles. The number of nitrogen functional groups attached to an aromatic ring is 1. The fourth-order valence-electron chi connectivity index (χ4n) is 2.39. The van der Waals surface area contributed by atoms with Crippen molar-refractivity contribution in [1.82, 2.24) is 0 Å².